The number of aromatic nitrogens is 1. The van der Waals surface area contributed by atoms with Crippen LogP contribution in [0.15, 0.2) is 18.5 Å². The number of anilines is 1. The zero-order valence-electron chi connectivity index (χ0n) is 9.17. The van der Waals surface area contributed by atoms with Crippen LogP contribution < -0.4 is 4.90 Å². The van der Waals surface area contributed by atoms with Crippen LogP contribution in [0.1, 0.15) is 0 Å². The lowest BCUT2D eigenvalue weighted by Crippen LogP contribution is -2.44. The fourth-order valence-electron chi connectivity index (χ4n) is 1.75. The van der Waals surface area contributed by atoms with Crippen molar-refractivity contribution in [1.82, 2.24) is 9.88 Å². The third-order valence-electron chi connectivity index (χ3n) is 2.79. The van der Waals surface area contributed by atoms with Gasteiger partial charge in [0.05, 0.1) is 16.8 Å². The number of nitro groups is 1. The van der Waals surface area contributed by atoms with Crippen molar-refractivity contribution in [2.75, 3.05) is 38.1 Å². The number of likely N-dealkylation sites (N-methyl/N-ethyl adjacent to an activating group) is 1. The zero-order chi connectivity index (χ0) is 11.5. The average molecular weight is 222 g/mol. The fraction of sp³-hybridized carbons (Fsp3) is 0.500. The molecule has 0 atom stereocenters. The van der Waals surface area contributed by atoms with Gasteiger partial charge in [0.1, 0.15) is 6.20 Å². The van der Waals surface area contributed by atoms with Crippen LogP contribution in [0.4, 0.5) is 11.4 Å². The summed E-state index contributed by atoms with van der Waals surface area (Å²) in [5, 5.41) is 10.6. The van der Waals surface area contributed by atoms with Crippen LogP contribution >= 0.6 is 0 Å². The lowest BCUT2D eigenvalue weighted by Gasteiger charge is -2.33. The first-order valence-corrected chi connectivity index (χ1v) is 5.20. The SMILES string of the molecule is CN1CCN(c2cncc([N+](=O)[O-])c2)CC1. The first kappa shape index (κ1) is 10.8. The molecule has 1 aromatic heterocycles. The van der Waals surface area contributed by atoms with Crippen molar-refractivity contribution in [1.29, 1.82) is 0 Å². The molecule has 0 aliphatic carbocycles. The number of hydrogen-bond donors (Lipinski definition) is 0. The van der Waals surface area contributed by atoms with Crippen LogP contribution in [0.2, 0.25) is 0 Å². The first-order valence-electron chi connectivity index (χ1n) is 5.20. The Morgan fingerprint density at radius 2 is 2.00 bits per heavy atom. The summed E-state index contributed by atoms with van der Waals surface area (Å²) in [4.78, 5) is 18.5. The summed E-state index contributed by atoms with van der Waals surface area (Å²) in [7, 11) is 2.07. The molecule has 6 nitrogen and oxygen atoms in total. The highest BCUT2D eigenvalue weighted by atomic mass is 16.6. The van der Waals surface area contributed by atoms with E-state index in [2.05, 4.69) is 21.8 Å². The van der Waals surface area contributed by atoms with Gasteiger partial charge in [-0.25, -0.2) is 0 Å². The Morgan fingerprint density at radius 3 is 2.62 bits per heavy atom. The molecular weight excluding hydrogens is 208 g/mol. The molecule has 6 heteroatoms. The monoisotopic (exact) mass is 222 g/mol. The maximum absolute atomic E-state index is 10.6. The van der Waals surface area contributed by atoms with Gasteiger partial charge in [0.15, 0.2) is 0 Å². The topological polar surface area (TPSA) is 62.5 Å². The third-order valence-corrected chi connectivity index (χ3v) is 2.79. The molecule has 1 fully saturated rings. The number of rotatable bonds is 2. The van der Waals surface area contributed by atoms with E-state index in [1.807, 2.05) is 0 Å². The average Bonchev–Trinajstić information content (AvgIpc) is 2.30. The maximum Gasteiger partial charge on any atom is 0.289 e. The van der Waals surface area contributed by atoms with Crippen molar-refractivity contribution in [3.05, 3.63) is 28.6 Å². The number of hydrogen-bond acceptors (Lipinski definition) is 5. The summed E-state index contributed by atoms with van der Waals surface area (Å²) in [6.45, 7) is 3.73. The quantitative estimate of drug-likeness (QED) is 0.545. The highest BCUT2D eigenvalue weighted by molar-refractivity contribution is 5.50. The second-order valence-corrected chi connectivity index (χ2v) is 3.95. The summed E-state index contributed by atoms with van der Waals surface area (Å²) in [6.07, 6.45) is 2.96. The number of nitrogens with zero attached hydrogens (tertiary/aromatic N) is 4. The molecule has 0 aromatic carbocycles. The van der Waals surface area contributed by atoms with Crippen LogP contribution in [0, 0.1) is 10.1 Å². The van der Waals surface area contributed by atoms with Crippen molar-refractivity contribution in [2.45, 2.75) is 0 Å². The van der Waals surface area contributed by atoms with E-state index in [1.54, 1.807) is 12.3 Å². The minimum Gasteiger partial charge on any atom is -0.368 e. The Balaban J connectivity index is 2.14. The van der Waals surface area contributed by atoms with E-state index < -0.39 is 4.92 Å². The van der Waals surface area contributed by atoms with Gasteiger partial charge in [-0.3, -0.25) is 15.1 Å². The summed E-state index contributed by atoms with van der Waals surface area (Å²) >= 11 is 0. The Bertz CT molecular complexity index is 388. The van der Waals surface area contributed by atoms with Gasteiger partial charge in [0.25, 0.3) is 5.69 Å². The Labute approximate surface area is 93.6 Å². The van der Waals surface area contributed by atoms with Gasteiger partial charge >= 0.3 is 0 Å². The predicted molar refractivity (Wildman–Crippen MR) is 60.6 cm³/mol. The summed E-state index contributed by atoms with van der Waals surface area (Å²) in [5.74, 6) is 0. The second-order valence-electron chi connectivity index (χ2n) is 3.95. The smallest absolute Gasteiger partial charge is 0.289 e. The van der Waals surface area contributed by atoms with Crippen molar-refractivity contribution in [2.24, 2.45) is 0 Å². The van der Waals surface area contributed by atoms with Crippen LogP contribution in [0.3, 0.4) is 0 Å². The molecule has 16 heavy (non-hydrogen) atoms. The largest absolute Gasteiger partial charge is 0.368 e. The van der Waals surface area contributed by atoms with Crippen molar-refractivity contribution >= 4 is 11.4 Å². The molecule has 2 rings (SSSR count). The van der Waals surface area contributed by atoms with Gasteiger partial charge in [-0.15, -0.1) is 0 Å². The van der Waals surface area contributed by atoms with Gasteiger partial charge < -0.3 is 9.80 Å². The number of piperazine rings is 1. The summed E-state index contributed by atoms with van der Waals surface area (Å²) < 4.78 is 0. The van der Waals surface area contributed by atoms with Crippen molar-refractivity contribution in [3.63, 3.8) is 0 Å². The van der Waals surface area contributed by atoms with E-state index in [4.69, 9.17) is 0 Å². The molecule has 0 unspecified atom stereocenters. The molecule has 2 heterocycles. The highest BCUT2D eigenvalue weighted by Gasteiger charge is 2.16. The summed E-state index contributed by atoms with van der Waals surface area (Å²) in [5.41, 5.74) is 0.888. The number of pyridine rings is 1. The lowest BCUT2D eigenvalue weighted by atomic mass is 10.3. The Kier molecular flexibility index (Phi) is 3.00. The molecule has 1 aliphatic heterocycles. The molecule has 0 radical (unpaired) electrons. The van der Waals surface area contributed by atoms with E-state index in [0.717, 1.165) is 31.9 Å². The molecule has 1 aliphatic rings. The molecular formula is C10H14N4O2. The van der Waals surface area contributed by atoms with Crippen LogP contribution in [0.5, 0.6) is 0 Å². The van der Waals surface area contributed by atoms with Gasteiger partial charge in [0, 0.05) is 32.2 Å². The normalized spacial score (nSPS) is 17.4. The maximum atomic E-state index is 10.6. The minimum absolute atomic E-state index is 0.0522. The molecule has 0 N–H and O–H groups in total. The highest BCUT2D eigenvalue weighted by Crippen LogP contribution is 2.20. The fourth-order valence-corrected chi connectivity index (χ4v) is 1.75. The van der Waals surface area contributed by atoms with Crippen LogP contribution in [0.25, 0.3) is 0 Å². The molecule has 86 valence electrons. The molecule has 0 spiro atoms. The minimum atomic E-state index is -0.410. The summed E-state index contributed by atoms with van der Waals surface area (Å²) in [6, 6.07) is 1.58. The van der Waals surface area contributed by atoms with E-state index in [0.29, 0.717) is 0 Å². The zero-order valence-corrected chi connectivity index (χ0v) is 9.17. The van der Waals surface area contributed by atoms with E-state index in [1.165, 1.54) is 6.20 Å². The van der Waals surface area contributed by atoms with Crippen LogP contribution in [-0.2, 0) is 0 Å². The van der Waals surface area contributed by atoms with Gasteiger partial charge in [0.2, 0.25) is 0 Å². The molecule has 0 amide bonds. The molecule has 1 saturated heterocycles. The van der Waals surface area contributed by atoms with Crippen molar-refractivity contribution < 1.29 is 4.92 Å². The molecule has 0 bridgehead atoms. The Hall–Kier alpha value is -1.69. The van der Waals surface area contributed by atoms with Gasteiger partial charge in [-0.05, 0) is 7.05 Å². The first-order chi connectivity index (χ1) is 7.66. The van der Waals surface area contributed by atoms with Gasteiger partial charge in [-0.1, -0.05) is 0 Å². The third kappa shape index (κ3) is 2.27. The van der Waals surface area contributed by atoms with E-state index in [9.17, 15) is 10.1 Å². The van der Waals surface area contributed by atoms with E-state index >= 15 is 0 Å². The second kappa shape index (κ2) is 4.44. The molecule has 1 aromatic rings. The Morgan fingerprint density at radius 1 is 1.31 bits per heavy atom. The van der Waals surface area contributed by atoms with Gasteiger partial charge in [-0.2, -0.15) is 0 Å². The van der Waals surface area contributed by atoms with E-state index in [-0.39, 0.29) is 5.69 Å². The lowest BCUT2D eigenvalue weighted by molar-refractivity contribution is -0.385. The predicted octanol–water partition coefficient (Wildman–Crippen LogP) is 0.742. The standard InChI is InChI=1S/C10H14N4O2/c1-12-2-4-13(5-3-12)9-6-10(14(15)16)8-11-7-9/h6-8H,2-5H2,1H3. The molecule has 0 saturated carbocycles. The van der Waals surface area contributed by atoms with Crippen LogP contribution in [-0.4, -0.2) is 48.0 Å². The van der Waals surface area contributed by atoms with Crippen molar-refractivity contribution in [3.8, 4) is 0 Å².